The van der Waals surface area contributed by atoms with E-state index in [0.29, 0.717) is 0 Å². The van der Waals surface area contributed by atoms with Crippen LogP contribution < -0.4 is 11.3 Å². The van der Waals surface area contributed by atoms with Crippen LogP contribution in [0.15, 0.2) is 41.3 Å². The van der Waals surface area contributed by atoms with Crippen LogP contribution in [-0.2, 0) is 0 Å². The third-order valence-electron chi connectivity index (χ3n) is 2.58. The lowest BCUT2D eigenvalue weighted by Gasteiger charge is -2.04. The second-order valence-electron chi connectivity index (χ2n) is 3.84. The maximum absolute atomic E-state index is 12.1. The summed E-state index contributed by atoms with van der Waals surface area (Å²) in [5.74, 6) is -1.62. The number of carbonyl (C=O) groups excluding carboxylic acids is 2. The summed E-state index contributed by atoms with van der Waals surface area (Å²) in [6.45, 7) is 0. The average Bonchev–Trinajstić information content (AvgIpc) is 2.38. The Labute approximate surface area is 107 Å². The molecule has 6 nitrogen and oxygen atoms in total. The molecular formula is C13H10N2O4. The van der Waals surface area contributed by atoms with Gasteiger partial charge in [0.05, 0.1) is 5.56 Å². The third kappa shape index (κ3) is 2.37. The van der Waals surface area contributed by atoms with Crippen molar-refractivity contribution in [3.8, 4) is 5.75 Å². The van der Waals surface area contributed by atoms with Gasteiger partial charge in [-0.3, -0.25) is 14.4 Å². The van der Waals surface area contributed by atoms with Crippen molar-refractivity contribution in [3.63, 3.8) is 0 Å². The van der Waals surface area contributed by atoms with Gasteiger partial charge in [0.15, 0.2) is 5.78 Å². The van der Waals surface area contributed by atoms with Crippen LogP contribution in [0.25, 0.3) is 0 Å². The smallest absolute Gasteiger partial charge is 0.260 e. The maximum atomic E-state index is 12.1. The van der Waals surface area contributed by atoms with E-state index < -0.39 is 17.2 Å². The van der Waals surface area contributed by atoms with E-state index >= 15 is 0 Å². The number of amides is 1. The highest BCUT2D eigenvalue weighted by atomic mass is 16.3. The largest absolute Gasteiger partial charge is 0.507 e. The number of para-hydroxylation sites is 1. The number of carbonyl (C=O) groups is 2. The molecule has 0 saturated carbocycles. The Balaban J connectivity index is 2.52. The van der Waals surface area contributed by atoms with Crippen molar-refractivity contribution < 1.29 is 14.7 Å². The van der Waals surface area contributed by atoms with E-state index in [1.165, 1.54) is 18.3 Å². The molecule has 2 aromatic rings. The second kappa shape index (κ2) is 4.77. The topological polar surface area (TPSA) is 113 Å². The molecule has 0 saturated heterocycles. The van der Waals surface area contributed by atoms with Gasteiger partial charge in [0, 0.05) is 11.8 Å². The summed E-state index contributed by atoms with van der Waals surface area (Å²) in [6, 6.07) is 7.08. The Morgan fingerprint density at radius 1 is 1.16 bits per heavy atom. The van der Waals surface area contributed by atoms with Gasteiger partial charge in [0.2, 0.25) is 0 Å². The predicted molar refractivity (Wildman–Crippen MR) is 67.1 cm³/mol. The molecule has 96 valence electrons. The van der Waals surface area contributed by atoms with E-state index in [1.54, 1.807) is 12.1 Å². The van der Waals surface area contributed by atoms with Crippen LogP contribution in [0.1, 0.15) is 26.3 Å². The summed E-state index contributed by atoms with van der Waals surface area (Å²) in [5.41, 5.74) is 4.20. The Morgan fingerprint density at radius 2 is 1.84 bits per heavy atom. The number of ketones is 1. The molecule has 0 unspecified atom stereocenters. The monoisotopic (exact) mass is 258 g/mol. The number of aromatic hydroxyl groups is 1. The number of phenolic OH excluding ortho intramolecular Hbond substituents is 1. The Kier molecular flexibility index (Phi) is 3.15. The normalized spacial score (nSPS) is 10.1. The Morgan fingerprint density at radius 3 is 2.47 bits per heavy atom. The first-order valence-corrected chi connectivity index (χ1v) is 5.36. The number of H-pyrrole nitrogens is 1. The number of phenols is 1. The van der Waals surface area contributed by atoms with E-state index in [4.69, 9.17) is 5.73 Å². The van der Waals surface area contributed by atoms with Gasteiger partial charge in [0.1, 0.15) is 11.3 Å². The number of rotatable bonds is 3. The lowest BCUT2D eigenvalue weighted by Crippen LogP contribution is -2.24. The van der Waals surface area contributed by atoms with Gasteiger partial charge in [-0.05, 0) is 18.2 Å². The molecule has 0 aliphatic heterocycles. The number of nitrogens with one attached hydrogen (secondary N) is 1. The summed E-state index contributed by atoms with van der Waals surface area (Å²) >= 11 is 0. The third-order valence-corrected chi connectivity index (χ3v) is 2.58. The molecule has 1 amide bonds. The fourth-order valence-electron chi connectivity index (χ4n) is 1.62. The molecule has 0 fully saturated rings. The van der Waals surface area contributed by atoms with Gasteiger partial charge in [-0.15, -0.1) is 0 Å². The molecule has 0 radical (unpaired) electrons. The minimum Gasteiger partial charge on any atom is -0.507 e. The highest BCUT2D eigenvalue weighted by Crippen LogP contribution is 2.19. The zero-order valence-electron chi connectivity index (χ0n) is 9.71. The number of benzene rings is 1. The van der Waals surface area contributed by atoms with Crippen molar-refractivity contribution in [1.29, 1.82) is 0 Å². The first-order valence-electron chi connectivity index (χ1n) is 5.36. The number of hydrogen-bond acceptors (Lipinski definition) is 4. The van der Waals surface area contributed by atoms with Crippen LogP contribution in [0, 0.1) is 0 Å². The molecule has 19 heavy (non-hydrogen) atoms. The van der Waals surface area contributed by atoms with Crippen LogP contribution in [0.2, 0.25) is 0 Å². The minimum absolute atomic E-state index is 0.0647. The fourth-order valence-corrected chi connectivity index (χ4v) is 1.62. The molecule has 0 atom stereocenters. The van der Waals surface area contributed by atoms with Crippen molar-refractivity contribution in [3.05, 3.63) is 63.6 Å². The molecular weight excluding hydrogens is 248 g/mol. The minimum atomic E-state index is -0.923. The second-order valence-corrected chi connectivity index (χ2v) is 3.84. The number of aromatic nitrogens is 1. The van der Waals surface area contributed by atoms with E-state index in [0.717, 1.165) is 6.07 Å². The van der Waals surface area contributed by atoms with Crippen molar-refractivity contribution >= 4 is 11.7 Å². The van der Waals surface area contributed by atoms with Crippen LogP contribution in [0.5, 0.6) is 5.75 Å². The zero-order chi connectivity index (χ0) is 14.0. The zero-order valence-corrected chi connectivity index (χ0v) is 9.71. The number of nitrogens with two attached hydrogens (primary N) is 1. The highest BCUT2D eigenvalue weighted by Gasteiger charge is 2.16. The van der Waals surface area contributed by atoms with Crippen LogP contribution in [0.3, 0.4) is 0 Å². The SMILES string of the molecule is NC(=O)c1cc(C(=O)c2ccccc2O)c[nH]c1=O. The number of hydrogen-bond donors (Lipinski definition) is 3. The number of primary amides is 1. The average molecular weight is 258 g/mol. The van der Waals surface area contributed by atoms with Gasteiger partial charge < -0.3 is 15.8 Å². The van der Waals surface area contributed by atoms with Crippen molar-refractivity contribution in [2.75, 3.05) is 0 Å². The summed E-state index contributed by atoms with van der Waals surface area (Å²) in [5, 5.41) is 9.59. The molecule has 6 heteroatoms. The predicted octanol–water partition coefficient (Wildman–Crippen LogP) is 0.410. The molecule has 0 bridgehead atoms. The Hall–Kier alpha value is -2.89. The van der Waals surface area contributed by atoms with Gasteiger partial charge in [-0.1, -0.05) is 12.1 Å². The van der Waals surface area contributed by atoms with E-state index in [-0.39, 0.29) is 22.4 Å². The van der Waals surface area contributed by atoms with Gasteiger partial charge >= 0.3 is 0 Å². The molecule has 2 rings (SSSR count). The number of pyridine rings is 1. The van der Waals surface area contributed by atoms with Crippen LogP contribution in [-0.4, -0.2) is 21.8 Å². The quantitative estimate of drug-likeness (QED) is 0.692. The van der Waals surface area contributed by atoms with Crippen molar-refractivity contribution in [2.24, 2.45) is 5.73 Å². The highest BCUT2D eigenvalue weighted by molar-refractivity contribution is 6.11. The summed E-state index contributed by atoms with van der Waals surface area (Å²) < 4.78 is 0. The summed E-state index contributed by atoms with van der Waals surface area (Å²) in [6.07, 6.45) is 1.17. The standard InChI is InChI=1S/C13H10N2O4/c14-12(18)9-5-7(6-15-13(9)19)11(17)8-3-1-2-4-10(8)16/h1-6,16H,(H2,14,18)(H,15,19). The molecule has 1 aromatic heterocycles. The lowest BCUT2D eigenvalue weighted by atomic mass is 10.0. The molecule has 1 heterocycles. The molecule has 0 aliphatic rings. The van der Waals surface area contributed by atoms with E-state index in [1.807, 2.05) is 0 Å². The van der Waals surface area contributed by atoms with E-state index in [9.17, 15) is 19.5 Å². The van der Waals surface area contributed by atoms with Gasteiger partial charge in [0.25, 0.3) is 11.5 Å². The van der Waals surface area contributed by atoms with Crippen LogP contribution in [0.4, 0.5) is 0 Å². The first-order chi connectivity index (χ1) is 9.00. The number of aromatic amines is 1. The molecule has 4 N–H and O–H groups in total. The maximum Gasteiger partial charge on any atom is 0.260 e. The molecule has 1 aromatic carbocycles. The van der Waals surface area contributed by atoms with Crippen LogP contribution >= 0.6 is 0 Å². The summed E-state index contributed by atoms with van der Waals surface area (Å²) in [4.78, 5) is 36.7. The van der Waals surface area contributed by atoms with E-state index in [2.05, 4.69) is 4.98 Å². The Bertz CT molecular complexity index is 719. The van der Waals surface area contributed by atoms with Crippen molar-refractivity contribution in [2.45, 2.75) is 0 Å². The van der Waals surface area contributed by atoms with Crippen molar-refractivity contribution in [1.82, 2.24) is 4.98 Å². The van der Waals surface area contributed by atoms with Gasteiger partial charge in [-0.25, -0.2) is 0 Å². The summed E-state index contributed by atoms with van der Waals surface area (Å²) in [7, 11) is 0. The molecule has 0 spiro atoms. The van der Waals surface area contributed by atoms with Gasteiger partial charge in [-0.2, -0.15) is 0 Å². The molecule has 0 aliphatic carbocycles. The first kappa shape index (κ1) is 12.6. The lowest BCUT2D eigenvalue weighted by molar-refractivity contribution is 0.0999. The fraction of sp³-hybridized carbons (Fsp3) is 0.